The normalized spacial score (nSPS) is 18.4. The van der Waals surface area contributed by atoms with Gasteiger partial charge in [-0.2, -0.15) is 0 Å². The molecule has 0 spiro atoms. The van der Waals surface area contributed by atoms with Gasteiger partial charge in [-0.1, -0.05) is 84.2 Å². The molecule has 0 aliphatic heterocycles. The van der Waals surface area contributed by atoms with Crippen molar-refractivity contribution in [3.05, 3.63) is 81.0 Å². The first-order valence-electron chi connectivity index (χ1n) is 22.4. The van der Waals surface area contributed by atoms with E-state index in [-0.39, 0.29) is 30.0 Å². The number of nitrogens with two attached hydrogens (primary N) is 1. The van der Waals surface area contributed by atoms with Crippen molar-refractivity contribution in [2.24, 2.45) is 11.7 Å². The van der Waals surface area contributed by atoms with Crippen LogP contribution in [-0.4, -0.2) is 78.1 Å². The molecule has 2 saturated carbocycles. The highest BCUT2D eigenvalue weighted by Crippen LogP contribution is 2.48. The van der Waals surface area contributed by atoms with Crippen molar-refractivity contribution in [3.63, 3.8) is 0 Å². The van der Waals surface area contributed by atoms with E-state index in [2.05, 4.69) is 25.6 Å². The Hall–Kier alpha value is -5.05. The number of rotatable bonds is 12. The minimum Gasteiger partial charge on any atom is -0.495 e. The number of nitrogens with one attached hydrogen (secondary N) is 2. The van der Waals surface area contributed by atoms with Crippen molar-refractivity contribution in [2.45, 2.75) is 102 Å². The molecular formula is C50H57Cl4N7O6. The van der Waals surface area contributed by atoms with Crippen LogP contribution in [0.1, 0.15) is 78.6 Å². The lowest BCUT2D eigenvalue weighted by molar-refractivity contribution is -0.156. The topological polar surface area (TPSA) is 165 Å². The first-order valence-corrected chi connectivity index (χ1v) is 23.9. The number of hydrogen-bond acceptors (Lipinski definition) is 13. The van der Waals surface area contributed by atoms with E-state index in [0.717, 1.165) is 71.5 Å². The van der Waals surface area contributed by atoms with Gasteiger partial charge in [0.1, 0.15) is 28.6 Å². The number of ether oxygens (including phenoxy) is 5. The summed E-state index contributed by atoms with van der Waals surface area (Å²) in [6.07, 6.45) is 12.5. The molecule has 2 aliphatic rings. The fourth-order valence-electron chi connectivity index (χ4n) is 8.70. The SMILES string of the molecule is COc1cc(OC)c(Cl)c(-c2ccc3nc(N[C@@H]4CCCC[C@@H]4CC(=O)OC(C)(C)C)ncc3c2)c1Cl.COc1cc(OC)c(Cl)c(-c2ccc3nc(N[C@@H]4CCCC[C@@H]4N)ncc3c2)c1Cl. The van der Waals surface area contributed by atoms with Crippen molar-refractivity contribution in [2.75, 3.05) is 39.1 Å². The van der Waals surface area contributed by atoms with E-state index in [4.69, 9.17) is 80.8 Å². The molecule has 4 atom stereocenters. The van der Waals surface area contributed by atoms with Crippen LogP contribution >= 0.6 is 46.4 Å². The number of carbonyl (C=O) groups excluding carboxylic acids is 1. The minimum absolute atomic E-state index is 0.111. The van der Waals surface area contributed by atoms with Crippen molar-refractivity contribution < 1.29 is 28.5 Å². The molecular weight excluding hydrogens is 936 g/mol. The van der Waals surface area contributed by atoms with Crippen LogP contribution in [0, 0.1) is 5.92 Å². The first-order chi connectivity index (χ1) is 32.1. The lowest BCUT2D eigenvalue weighted by Gasteiger charge is -2.32. The second-order valence-electron chi connectivity index (χ2n) is 17.8. The Morgan fingerprint density at radius 3 is 1.48 bits per heavy atom. The molecule has 6 aromatic rings. The fraction of sp³-hybridized carbons (Fsp3) is 0.420. The van der Waals surface area contributed by atoms with Crippen LogP contribution in [0.15, 0.2) is 60.9 Å². The number of carbonyl (C=O) groups is 1. The molecule has 0 bridgehead atoms. The summed E-state index contributed by atoms with van der Waals surface area (Å²) in [6.45, 7) is 5.67. The van der Waals surface area contributed by atoms with Gasteiger partial charge in [0.2, 0.25) is 11.9 Å². The molecule has 0 unspecified atom stereocenters. The highest BCUT2D eigenvalue weighted by Gasteiger charge is 2.30. The summed E-state index contributed by atoms with van der Waals surface area (Å²) in [5, 5.41) is 10.2. The zero-order valence-electron chi connectivity index (χ0n) is 38.8. The van der Waals surface area contributed by atoms with E-state index in [1.54, 1.807) is 53.0 Å². The molecule has 4 N–H and O–H groups in total. The smallest absolute Gasteiger partial charge is 0.306 e. The number of hydrogen-bond donors (Lipinski definition) is 3. The van der Waals surface area contributed by atoms with Crippen LogP contribution in [0.4, 0.5) is 11.9 Å². The van der Waals surface area contributed by atoms with E-state index in [1.807, 2.05) is 57.2 Å². The van der Waals surface area contributed by atoms with Gasteiger partial charge in [0, 0.05) is 64.6 Å². The molecule has 2 aromatic heterocycles. The Bertz CT molecular complexity index is 2680. The van der Waals surface area contributed by atoms with Crippen molar-refractivity contribution >= 4 is 86.1 Å². The largest absolute Gasteiger partial charge is 0.495 e. The summed E-state index contributed by atoms with van der Waals surface area (Å²) in [7, 11) is 6.20. The molecule has 2 heterocycles. The summed E-state index contributed by atoms with van der Waals surface area (Å²) in [4.78, 5) is 30.9. The highest BCUT2D eigenvalue weighted by atomic mass is 35.5. The van der Waals surface area contributed by atoms with Crippen molar-refractivity contribution in [1.82, 2.24) is 19.9 Å². The number of methoxy groups -OCH3 is 4. The first kappa shape index (κ1) is 49.8. The average Bonchev–Trinajstić information content (AvgIpc) is 3.30. The summed E-state index contributed by atoms with van der Waals surface area (Å²) < 4.78 is 27.1. The van der Waals surface area contributed by atoms with Crippen LogP contribution in [-0.2, 0) is 9.53 Å². The van der Waals surface area contributed by atoms with Crippen LogP contribution in [0.5, 0.6) is 23.0 Å². The van der Waals surface area contributed by atoms with Gasteiger partial charge in [0.05, 0.1) is 66.0 Å². The standard InChI is InChI=1S/C28H33Cl2N3O4.C22H24Cl2N4O2/c1-28(2,3)37-23(34)13-16-8-6-7-9-19(16)32-27-31-15-18-12-17(10-11-20(18)33-27)24-25(29)21(35-4)14-22(36-5)26(24)30;1-29-17-10-18(30-2)21(24)19(20(17)23)12-7-8-15-13(9-12)11-26-22(27-15)28-16-6-4-3-5-14(16)25/h10-12,14-16,19H,6-9,13H2,1-5H3,(H,31,32,33);7-11,14,16H,3-6,25H2,1-2H3,(H,26,27,28)/t16-,19-;14-,16+/m10/s1. The lowest BCUT2D eigenvalue weighted by atomic mass is 9.82. The van der Waals surface area contributed by atoms with Crippen LogP contribution < -0.4 is 35.3 Å². The number of benzene rings is 4. The summed E-state index contributed by atoms with van der Waals surface area (Å²) in [5.74, 6) is 3.09. The maximum absolute atomic E-state index is 12.5. The fourth-order valence-corrected chi connectivity index (χ4v) is 10.1. The van der Waals surface area contributed by atoms with Crippen molar-refractivity contribution in [3.8, 4) is 45.3 Å². The predicted octanol–water partition coefficient (Wildman–Crippen LogP) is 12.6. The number of aromatic nitrogens is 4. The molecule has 2 aliphatic carbocycles. The summed E-state index contributed by atoms with van der Waals surface area (Å²) in [6, 6.07) is 15.4. The van der Waals surface area contributed by atoms with E-state index < -0.39 is 5.60 Å². The van der Waals surface area contributed by atoms with Gasteiger partial charge in [-0.25, -0.2) is 19.9 Å². The maximum Gasteiger partial charge on any atom is 0.306 e. The number of fused-ring (bicyclic) bond motifs is 2. The van der Waals surface area contributed by atoms with E-state index in [9.17, 15) is 4.79 Å². The van der Waals surface area contributed by atoms with Gasteiger partial charge in [0.15, 0.2) is 0 Å². The molecule has 13 nitrogen and oxygen atoms in total. The number of halogens is 4. The molecule has 4 aromatic carbocycles. The Labute approximate surface area is 411 Å². The number of nitrogens with zero attached hydrogens (tertiary/aromatic N) is 4. The Morgan fingerprint density at radius 1 is 0.627 bits per heavy atom. The van der Waals surface area contributed by atoms with E-state index in [1.165, 1.54) is 12.8 Å². The predicted molar refractivity (Wildman–Crippen MR) is 270 cm³/mol. The van der Waals surface area contributed by atoms with Crippen LogP contribution in [0.2, 0.25) is 20.1 Å². The number of anilines is 2. The average molecular weight is 994 g/mol. The van der Waals surface area contributed by atoms with Crippen LogP contribution in [0.25, 0.3) is 44.1 Å². The van der Waals surface area contributed by atoms with Gasteiger partial charge in [-0.15, -0.1) is 0 Å². The lowest BCUT2D eigenvalue weighted by Crippen LogP contribution is -2.42. The zero-order valence-corrected chi connectivity index (χ0v) is 41.8. The van der Waals surface area contributed by atoms with Gasteiger partial charge in [-0.05, 0) is 87.8 Å². The monoisotopic (exact) mass is 991 g/mol. The van der Waals surface area contributed by atoms with Gasteiger partial charge in [0.25, 0.3) is 0 Å². The molecule has 0 saturated heterocycles. The second kappa shape index (κ2) is 21.9. The second-order valence-corrected chi connectivity index (χ2v) is 19.3. The summed E-state index contributed by atoms with van der Waals surface area (Å²) in [5.41, 5.74) is 10.2. The number of esters is 1. The molecule has 0 amide bonds. The summed E-state index contributed by atoms with van der Waals surface area (Å²) >= 11 is 26.3. The molecule has 2 fully saturated rings. The molecule has 17 heteroatoms. The molecule has 356 valence electrons. The maximum atomic E-state index is 12.5. The van der Waals surface area contributed by atoms with Gasteiger partial charge >= 0.3 is 5.97 Å². The minimum atomic E-state index is -0.487. The zero-order chi connectivity index (χ0) is 48.0. The third-order valence-corrected chi connectivity index (χ3v) is 13.6. The Balaban J connectivity index is 0.000000203. The Morgan fingerprint density at radius 2 is 1.04 bits per heavy atom. The quantitative estimate of drug-likeness (QED) is 0.0993. The van der Waals surface area contributed by atoms with Crippen molar-refractivity contribution in [1.29, 1.82) is 0 Å². The van der Waals surface area contributed by atoms with Gasteiger partial charge in [-0.3, -0.25) is 4.79 Å². The third kappa shape index (κ3) is 11.8. The molecule has 8 rings (SSSR count). The van der Waals surface area contributed by atoms with E-state index in [0.29, 0.717) is 72.5 Å². The van der Waals surface area contributed by atoms with Gasteiger partial charge < -0.3 is 40.1 Å². The van der Waals surface area contributed by atoms with Crippen LogP contribution in [0.3, 0.4) is 0 Å². The van der Waals surface area contributed by atoms with E-state index >= 15 is 0 Å². The third-order valence-electron chi connectivity index (χ3n) is 12.1. The molecule has 0 radical (unpaired) electrons. The Kier molecular flexibility index (Phi) is 16.3. The highest BCUT2D eigenvalue weighted by molar-refractivity contribution is 6.42. The molecule has 67 heavy (non-hydrogen) atoms.